The van der Waals surface area contributed by atoms with Crippen LogP contribution in [0.15, 0.2) is 72.8 Å². The van der Waals surface area contributed by atoms with E-state index in [2.05, 4.69) is 5.32 Å². The van der Waals surface area contributed by atoms with Crippen molar-refractivity contribution in [3.8, 4) is 5.75 Å². The van der Waals surface area contributed by atoms with Gasteiger partial charge in [-0.2, -0.15) is 0 Å². The zero-order chi connectivity index (χ0) is 19.9. The number of para-hydroxylation sites is 1. The van der Waals surface area contributed by atoms with Gasteiger partial charge >= 0.3 is 5.97 Å². The maximum Gasteiger partial charge on any atom is 0.307 e. The van der Waals surface area contributed by atoms with E-state index < -0.39 is 5.97 Å². The third kappa shape index (κ3) is 5.11. The van der Waals surface area contributed by atoms with E-state index in [-0.39, 0.29) is 18.9 Å². The summed E-state index contributed by atoms with van der Waals surface area (Å²) in [6.45, 7) is 0.244. The zero-order valence-corrected chi connectivity index (χ0v) is 15.6. The molecule has 0 radical (unpaired) electrons. The highest BCUT2D eigenvalue weighted by Crippen LogP contribution is 2.23. The fraction of sp³-hybridized carbons (Fsp3) is 0.0909. The van der Waals surface area contributed by atoms with E-state index in [1.165, 1.54) is 0 Å². The molecule has 6 heteroatoms. The highest BCUT2D eigenvalue weighted by atomic mass is 35.5. The summed E-state index contributed by atoms with van der Waals surface area (Å²) in [5.41, 5.74) is 2.45. The van der Waals surface area contributed by atoms with Gasteiger partial charge in [0.1, 0.15) is 12.4 Å². The van der Waals surface area contributed by atoms with Gasteiger partial charge in [-0.1, -0.05) is 54.1 Å². The molecule has 0 spiro atoms. The van der Waals surface area contributed by atoms with Crippen LogP contribution in [0.1, 0.15) is 21.5 Å². The molecule has 0 fully saturated rings. The van der Waals surface area contributed by atoms with Crippen LogP contribution < -0.4 is 10.1 Å². The van der Waals surface area contributed by atoms with Crippen molar-refractivity contribution in [3.63, 3.8) is 0 Å². The van der Waals surface area contributed by atoms with E-state index in [0.29, 0.717) is 27.6 Å². The molecule has 3 rings (SSSR count). The Kier molecular flexibility index (Phi) is 6.29. The van der Waals surface area contributed by atoms with Crippen LogP contribution in [0.2, 0.25) is 5.02 Å². The maximum atomic E-state index is 12.7. The van der Waals surface area contributed by atoms with E-state index in [1.54, 1.807) is 54.6 Å². The van der Waals surface area contributed by atoms with Gasteiger partial charge in [0.25, 0.3) is 5.91 Å². The van der Waals surface area contributed by atoms with Crippen molar-refractivity contribution in [2.75, 3.05) is 5.32 Å². The quantitative estimate of drug-likeness (QED) is 0.602. The van der Waals surface area contributed by atoms with Crippen molar-refractivity contribution in [3.05, 3.63) is 94.5 Å². The minimum atomic E-state index is -0.901. The molecule has 1 amide bonds. The van der Waals surface area contributed by atoms with Gasteiger partial charge in [-0.25, -0.2) is 0 Å². The predicted octanol–water partition coefficient (Wildman–Crippen LogP) is 4.80. The van der Waals surface area contributed by atoms with Crippen LogP contribution in [-0.2, 0) is 17.8 Å². The normalized spacial score (nSPS) is 10.3. The summed E-state index contributed by atoms with van der Waals surface area (Å²) in [7, 11) is 0. The SMILES string of the molecule is O=C(O)Cc1ccc(NC(=O)c2ccccc2OCc2ccccc2Cl)cc1. The first-order valence-corrected chi connectivity index (χ1v) is 8.98. The largest absolute Gasteiger partial charge is 0.488 e. The second-order valence-electron chi connectivity index (χ2n) is 6.10. The first kappa shape index (κ1) is 19.5. The lowest BCUT2D eigenvalue weighted by atomic mass is 10.1. The van der Waals surface area contributed by atoms with Crippen molar-refractivity contribution >= 4 is 29.2 Å². The Morgan fingerprint density at radius 1 is 0.929 bits per heavy atom. The van der Waals surface area contributed by atoms with Crippen molar-refractivity contribution in [2.45, 2.75) is 13.0 Å². The molecule has 3 aromatic rings. The summed E-state index contributed by atoms with van der Waals surface area (Å²) in [5.74, 6) is -0.774. The molecule has 0 heterocycles. The predicted molar refractivity (Wildman–Crippen MR) is 108 cm³/mol. The number of halogens is 1. The van der Waals surface area contributed by atoms with Gasteiger partial charge in [-0.05, 0) is 35.9 Å². The number of aliphatic carboxylic acids is 1. The maximum absolute atomic E-state index is 12.7. The van der Waals surface area contributed by atoms with Gasteiger partial charge in [0.05, 0.1) is 12.0 Å². The number of hydrogen-bond donors (Lipinski definition) is 2. The number of amides is 1. The van der Waals surface area contributed by atoms with Crippen molar-refractivity contribution in [1.29, 1.82) is 0 Å². The molecule has 0 aliphatic carbocycles. The van der Waals surface area contributed by atoms with E-state index in [4.69, 9.17) is 21.4 Å². The molecule has 0 atom stereocenters. The van der Waals surface area contributed by atoms with Gasteiger partial charge in [0, 0.05) is 16.3 Å². The summed E-state index contributed by atoms with van der Waals surface area (Å²) >= 11 is 6.15. The fourth-order valence-electron chi connectivity index (χ4n) is 2.63. The number of ether oxygens (including phenoxy) is 1. The molecular formula is C22H18ClNO4. The number of hydrogen-bond acceptors (Lipinski definition) is 3. The van der Waals surface area contributed by atoms with Crippen molar-refractivity contribution in [1.82, 2.24) is 0 Å². The number of carboxylic acid groups (broad SMARTS) is 1. The van der Waals surface area contributed by atoms with Crippen LogP contribution in [0.4, 0.5) is 5.69 Å². The van der Waals surface area contributed by atoms with Crippen LogP contribution >= 0.6 is 11.6 Å². The minimum absolute atomic E-state index is 0.0626. The van der Waals surface area contributed by atoms with Crippen LogP contribution in [0.5, 0.6) is 5.75 Å². The lowest BCUT2D eigenvalue weighted by Gasteiger charge is -2.12. The van der Waals surface area contributed by atoms with Crippen LogP contribution in [0, 0.1) is 0 Å². The molecule has 0 saturated carbocycles. The number of nitrogens with one attached hydrogen (secondary N) is 1. The Morgan fingerprint density at radius 2 is 1.61 bits per heavy atom. The second-order valence-corrected chi connectivity index (χ2v) is 6.51. The fourth-order valence-corrected chi connectivity index (χ4v) is 2.82. The number of rotatable bonds is 7. The Balaban J connectivity index is 1.70. The number of anilines is 1. The third-order valence-corrected chi connectivity index (χ3v) is 4.41. The highest BCUT2D eigenvalue weighted by molar-refractivity contribution is 6.31. The van der Waals surface area contributed by atoms with Crippen molar-refractivity contribution in [2.24, 2.45) is 0 Å². The Bertz CT molecular complexity index is 986. The van der Waals surface area contributed by atoms with Crippen LogP contribution in [0.3, 0.4) is 0 Å². The number of carbonyl (C=O) groups is 2. The summed E-state index contributed by atoms with van der Waals surface area (Å²) in [6.07, 6.45) is -0.0626. The Hall–Kier alpha value is -3.31. The minimum Gasteiger partial charge on any atom is -0.488 e. The standard InChI is InChI=1S/C22H18ClNO4/c23-19-7-3-1-5-16(19)14-28-20-8-4-2-6-18(20)22(27)24-17-11-9-15(10-12-17)13-21(25)26/h1-12H,13-14H2,(H,24,27)(H,25,26). The lowest BCUT2D eigenvalue weighted by molar-refractivity contribution is -0.136. The number of benzene rings is 3. The molecule has 0 saturated heterocycles. The van der Waals surface area contributed by atoms with Crippen LogP contribution in [-0.4, -0.2) is 17.0 Å². The molecule has 5 nitrogen and oxygen atoms in total. The van der Waals surface area contributed by atoms with Gasteiger partial charge in [0.15, 0.2) is 0 Å². The molecule has 0 bridgehead atoms. The summed E-state index contributed by atoms with van der Waals surface area (Å²) < 4.78 is 5.82. The summed E-state index contributed by atoms with van der Waals surface area (Å²) in [6, 6.07) is 21.0. The molecule has 0 aliphatic rings. The molecule has 0 aliphatic heterocycles. The second kappa shape index (κ2) is 9.06. The average molecular weight is 396 g/mol. The Labute approximate surface area is 167 Å². The zero-order valence-electron chi connectivity index (χ0n) is 14.9. The molecule has 0 unspecified atom stereocenters. The molecule has 3 aromatic carbocycles. The first-order valence-electron chi connectivity index (χ1n) is 8.60. The Morgan fingerprint density at radius 3 is 2.32 bits per heavy atom. The van der Waals surface area contributed by atoms with E-state index >= 15 is 0 Å². The molecule has 142 valence electrons. The van der Waals surface area contributed by atoms with Crippen LogP contribution in [0.25, 0.3) is 0 Å². The highest BCUT2D eigenvalue weighted by Gasteiger charge is 2.13. The summed E-state index contributed by atoms with van der Waals surface area (Å²) in [4.78, 5) is 23.4. The van der Waals surface area contributed by atoms with E-state index in [0.717, 1.165) is 5.56 Å². The van der Waals surface area contributed by atoms with Crippen molar-refractivity contribution < 1.29 is 19.4 Å². The molecule has 0 aromatic heterocycles. The first-order chi connectivity index (χ1) is 13.5. The van der Waals surface area contributed by atoms with Gasteiger partial charge in [0.2, 0.25) is 0 Å². The van der Waals surface area contributed by atoms with Gasteiger partial charge in [-0.15, -0.1) is 0 Å². The van der Waals surface area contributed by atoms with E-state index in [9.17, 15) is 9.59 Å². The summed E-state index contributed by atoms with van der Waals surface area (Å²) in [5, 5.41) is 12.2. The third-order valence-electron chi connectivity index (χ3n) is 4.04. The molecule has 28 heavy (non-hydrogen) atoms. The smallest absolute Gasteiger partial charge is 0.307 e. The lowest BCUT2D eigenvalue weighted by Crippen LogP contribution is -2.13. The van der Waals surface area contributed by atoms with E-state index in [1.807, 2.05) is 18.2 Å². The monoisotopic (exact) mass is 395 g/mol. The van der Waals surface area contributed by atoms with Gasteiger partial charge < -0.3 is 15.2 Å². The molecule has 2 N–H and O–H groups in total. The number of carboxylic acids is 1. The topological polar surface area (TPSA) is 75.6 Å². The number of carbonyl (C=O) groups excluding carboxylic acids is 1. The van der Waals surface area contributed by atoms with Gasteiger partial charge in [-0.3, -0.25) is 9.59 Å². The molecular weight excluding hydrogens is 378 g/mol. The average Bonchev–Trinajstić information content (AvgIpc) is 2.69.